The van der Waals surface area contributed by atoms with Gasteiger partial charge in [-0.05, 0) is 31.4 Å². The average Bonchev–Trinajstić information content (AvgIpc) is 2.86. The van der Waals surface area contributed by atoms with Gasteiger partial charge in [-0.1, -0.05) is 18.2 Å². The van der Waals surface area contributed by atoms with Gasteiger partial charge in [0, 0.05) is 5.56 Å². The van der Waals surface area contributed by atoms with Gasteiger partial charge in [0.1, 0.15) is 17.6 Å². The largest absolute Gasteiger partial charge is 0.495 e. The third kappa shape index (κ3) is 3.08. The van der Waals surface area contributed by atoms with Crippen LogP contribution in [0.1, 0.15) is 30.4 Å². The first-order valence-corrected chi connectivity index (χ1v) is 7.06. The summed E-state index contributed by atoms with van der Waals surface area (Å²) in [4.78, 5) is 0.794. The van der Waals surface area contributed by atoms with Gasteiger partial charge in [0.05, 0.1) is 18.1 Å². The molecule has 2 rings (SSSR count). The van der Waals surface area contributed by atoms with Gasteiger partial charge < -0.3 is 14.6 Å². The molecule has 0 aliphatic carbocycles. The van der Waals surface area contributed by atoms with Crippen LogP contribution in [0, 0.1) is 0 Å². The molecule has 1 aromatic heterocycles. The first-order valence-electron chi connectivity index (χ1n) is 6.18. The van der Waals surface area contributed by atoms with E-state index in [2.05, 4.69) is 0 Å². The number of aliphatic hydroxyl groups excluding tert-OH is 1. The predicted molar refractivity (Wildman–Crippen MR) is 77.1 cm³/mol. The lowest BCUT2D eigenvalue weighted by Gasteiger charge is -2.18. The molecular weight excluding hydrogens is 260 g/mol. The molecule has 0 fully saturated rings. The Labute approximate surface area is 117 Å². The van der Waals surface area contributed by atoms with Crippen molar-refractivity contribution in [2.45, 2.75) is 26.1 Å². The Hall–Kier alpha value is -1.52. The summed E-state index contributed by atoms with van der Waals surface area (Å²) in [5, 5.41) is 12.4. The molecule has 0 radical (unpaired) electrons. The Morgan fingerprint density at radius 1 is 1.11 bits per heavy atom. The second-order valence-electron chi connectivity index (χ2n) is 4.46. The first kappa shape index (κ1) is 13.9. The molecule has 1 aromatic carbocycles. The van der Waals surface area contributed by atoms with Crippen LogP contribution in [0.2, 0.25) is 0 Å². The summed E-state index contributed by atoms with van der Waals surface area (Å²) in [5.74, 6) is 1.41. The minimum atomic E-state index is -0.732. The van der Waals surface area contributed by atoms with Crippen molar-refractivity contribution in [2.24, 2.45) is 0 Å². The quantitative estimate of drug-likeness (QED) is 0.907. The van der Waals surface area contributed by atoms with E-state index in [1.165, 1.54) is 11.3 Å². The lowest BCUT2D eigenvalue weighted by atomic mass is 10.1. The van der Waals surface area contributed by atoms with Crippen molar-refractivity contribution in [1.82, 2.24) is 0 Å². The van der Waals surface area contributed by atoms with E-state index in [0.29, 0.717) is 11.5 Å². The molecule has 0 amide bonds. The number of methoxy groups -OCH3 is 1. The smallest absolute Gasteiger partial charge is 0.135 e. The van der Waals surface area contributed by atoms with Crippen LogP contribution in [-0.4, -0.2) is 18.3 Å². The Balaban J connectivity index is 2.36. The number of hydrogen-bond acceptors (Lipinski definition) is 4. The van der Waals surface area contributed by atoms with E-state index < -0.39 is 6.10 Å². The maximum absolute atomic E-state index is 10.5. The van der Waals surface area contributed by atoms with Crippen molar-refractivity contribution in [1.29, 1.82) is 0 Å². The Morgan fingerprint density at radius 2 is 1.84 bits per heavy atom. The fourth-order valence-electron chi connectivity index (χ4n) is 1.89. The number of rotatable bonds is 5. The second kappa shape index (κ2) is 6.08. The highest BCUT2D eigenvalue weighted by Crippen LogP contribution is 2.38. The molecule has 0 aliphatic rings. The van der Waals surface area contributed by atoms with Crippen LogP contribution in [-0.2, 0) is 0 Å². The third-order valence-electron chi connectivity index (χ3n) is 2.70. The zero-order valence-electron chi connectivity index (χ0n) is 11.3. The van der Waals surface area contributed by atoms with Gasteiger partial charge in [0.25, 0.3) is 0 Å². The van der Waals surface area contributed by atoms with Gasteiger partial charge in [0.2, 0.25) is 0 Å². The van der Waals surface area contributed by atoms with Crippen LogP contribution in [0.4, 0.5) is 0 Å². The highest BCUT2D eigenvalue weighted by molar-refractivity contribution is 7.10. The summed E-state index contributed by atoms with van der Waals surface area (Å²) in [7, 11) is 1.61. The van der Waals surface area contributed by atoms with Crippen LogP contribution in [0.3, 0.4) is 0 Å². The van der Waals surface area contributed by atoms with E-state index in [1.54, 1.807) is 7.11 Å². The molecule has 19 heavy (non-hydrogen) atoms. The number of para-hydroxylation sites is 1. The second-order valence-corrected chi connectivity index (χ2v) is 5.41. The monoisotopic (exact) mass is 278 g/mol. The molecule has 0 aliphatic heterocycles. The Bertz CT molecular complexity index is 534. The maximum Gasteiger partial charge on any atom is 0.135 e. The van der Waals surface area contributed by atoms with Gasteiger partial charge in [-0.2, -0.15) is 0 Å². The number of hydrogen-bond donors (Lipinski definition) is 1. The van der Waals surface area contributed by atoms with E-state index >= 15 is 0 Å². The van der Waals surface area contributed by atoms with Crippen LogP contribution in [0.25, 0.3) is 0 Å². The molecule has 3 nitrogen and oxygen atoms in total. The molecule has 102 valence electrons. The lowest BCUT2D eigenvalue weighted by Crippen LogP contribution is -2.09. The van der Waals surface area contributed by atoms with E-state index in [4.69, 9.17) is 9.47 Å². The Kier molecular flexibility index (Phi) is 4.45. The molecule has 0 saturated heterocycles. The lowest BCUT2D eigenvalue weighted by molar-refractivity contribution is 0.198. The molecule has 1 unspecified atom stereocenters. The Morgan fingerprint density at radius 3 is 2.53 bits per heavy atom. The van der Waals surface area contributed by atoms with Crippen molar-refractivity contribution in [3.63, 3.8) is 0 Å². The molecule has 1 N–H and O–H groups in total. The van der Waals surface area contributed by atoms with Crippen LogP contribution < -0.4 is 9.47 Å². The number of benzene rings is 1. The summed E-state index contributed by atoms with van der Waals surface area (Å²) in [6, 6.07) is 9.40. The average molecular weight is 278 g/mol. The van der Waals surface area contributed by atoms with Gasteiger partial charge in [-0.3, -0.25) is 0 Å². The van der Waals surface area contributed by atoms with E-state index in [1.807, 2.05) is 49.6 Å². The fourth-order valence-corrected chi connectivity index (χ4v) is 2.75. The highest BCUT2D eigenvalue weighted by atomic mass is 32.1. The number of thiophene rings is 1. The predicted octanol–water partition coefficient (Wildman–Crippen LogP) is 3.63. The van der Waals surface area contributed by atoms with E-state index in [0.717, 1.165) is 10.4 Å². The summed E-state index contributed by atoms with van der Waals surface area (Å²) >= 11 is 1.47. The van der Waals surface area contributed by atoms with Crippen LogP contribution in [0.15, 0.2) is 35.7 Å². The van der Waals surface area contributed by atoms with Crippen molar-refractivity contribution >= 4 is 11.3 Å². The van der Waals surface area contributed by atoms with Crippen LogP contribution in [0.5, 0.6) is 11.5 Å². The fraction of sp³-hybridized carbons (Fsp3) is 0.333. The van der Waals surface area contributed by atoms with E-state index in [9.17, 15) is 5.11 Å². The molecule has 0 saturated carbocycles. The molecule has 0 bridgehead atoms. The van der Waals surface area contributed by atoms with Gasteiger partial charge in [-0.25, -0.2) is 0 Å². The molecule has 4 heteroatoms. The molecule has 1 atom stereocenters. The summed E-state index contributed by atoms with van der Waals surface area (Å²) in [6.07, 6.45) is -0.663. The van der Waals surface area contributed by atoms with Gasteiger partial charge in [-0.15, -0.1) is 11.3 Å². The van der Waals surface area contributed by atoms with Crippen molar-refractivity contribution in [2.75, 3.05) is 7.11 Å². The van der Waals surface area contributed by atoms with Crippen molar-refractivity contribution in [3.05, 3.63) is 46.2 Å². The molecule has 0 spiro atoms. The zero-order valence-corrected chi connectivity index (χ0v) is 12.1. The van der Waals surface area contributed by atoms with Crippen molar-refractivity contribution < 1.29 is 14.6 Å². The molecular formula is C15H18O3S. The summed E-state index contributed by atoms with van der Waals surface area (Å²) < 4.78 is 11.0. The van der Waals surface area contributed by atoms with E-state index in [-0.39, 0.29) is 6.10 Å². The minimum absolute atomic E-state index is 0.0681. The van der Waals surface area contributed by atoms with Gasteiger partial charge in [0.15, 0.2) is 0 Å². The van der Waals surface area contributed by atoms with Crippen LogP contribution >= 0.6 is 11.3 Å². The first-order chi connectivity index (χ1) is 9.13. The number of ether oxygens (including phenoxy) is 2. The number of aliphatic hydroxyl groups is 1. The van der Waals surface area contributed by atoms with Crippen molar-refractivity contribution in [3.8, 4) is 11.5 Å². The zero-order chi connectivity index (χ0) is 13.8. The van der Waals surface area contributed by atoms with Gasteiger partial charge >= 0.3 is 0 Å². The highest BCUT2D eigenvalue weighted by Gasteiger charge is 2.20. The summed E-state index contributed by atoms with van der Waals surface area (Å²) in [6.45, 7) is 3.93. The minimum Gasteiger partial charge on any atom is -0.495 e. The maximum atomic E-state index is 10.5. The topological polar surface area (TPSA) is 38.7 Å². The summed E-state index contributed by atoms with van der Waals surface area (Å²) in [5.41, 5.74) is 0.761. The SMILES string of the molecule is COc1ccsc1C(O)c1ccccc1OC(C)C. The third-order valence-corrected chi connectivity index (χ3v) is 3.65. The molecule has 1 heterocycles. The molecule has 2 aromatic rings. The normalized spacial score (nSPS) is 12.5. The standard InChI is InChI=1S/C15H18O3S/c1-10(2)18-12-7-5-4-6-11(12)14(16)15-13(17-3)8-9-19-15/h4-10,14,16H,1-3H3.